The third-order valence-electron chi connectivity index (χ3n) is 1.72. The molecule has 72 valence electrons. The van der Waals surface area contributed by atoms with Gasteiger partial charge in [0.25, 0.3) is 0 Å². The number of hydrogen-bond donors (Lipinski definition) is 1. The highest BCUT2D eigenvalue weighted by Crippen LogP contribution is 2.20. The fourth-order valence-corrected chi connectivity index (χ4v) is 0.871. The number of alkyl carbamates (subject to hydrolysis) is 1. The minimum absolute atomic E-state index is 0.187. The highest BCUT2D eigenvalue weighted by Gasteiger charge is 2.22. The van der Waals surface area contributed by atoms with Crippen molar-refractivity contribution in [2.45, 2.75) is 34.1 Å². The SMILES string of the molecule is CC.CC1(C)CCOC(=O)NC1. The molecule has 0 spiro atoms. The Hall–Kier alpha value is -0.730. The van der Waals surface area contributed by atoms with Gasteiger partial charge in [0, 0.05) is 6.54 Å². The molecule has 3 heteroatoms. The van der Waals surface area contributed by atoms with Gasteiger partial charge in [0.1, 0.15) is 0 Å². The Morgan fingerprint density at radius 2 is 2.00 bits per heavy atom. The lowest BCUT2D eigenvalue weighted by Crippen LogP contribution is -2.29. The first-order valence-corrected chi connectivity index (χ1v) is 4.51. The van der Waals surface area contributed by atoms with Gasteiger partial charge >= 0.3 is 6.09 Å². The average Bonchev–Trinajstić information content (AvgIpc) is 2.17. The minimum Gasteiger partial charge on any atom is -0.450 e. The number of amides is 1. The second-order valence-corrected chi connectivity index (χ2v) is 3.40. The predicted octanol–water partition coefficient (Wildman–Crippen LogP) is 2.17. The van der Waals surface area contributed by atoms with Gasteiger partial charge < -0.3 is 10.1 Å². The van der Waals surface area contributed by atoms with Crippen LogP contribution in [0.1, 0.15) is 34.1 Å². The second kappa shape index (κ2) is 5.01. The maximum absolute atomic E-state index is 10.6. The van der Waals surface area contributed by atoms with E-state index >= 15 is 0 Å². The summed E-state index contributed by atoms with van der Waals surface area (Å²) in [6, 6.07) is 0. The molecule has 0 radical (unpaired) electrons. The Morgan fingerprint density at radius 3 is 2.58 bits per heavy atom. The molecule has 1 fully saturated rings. The van der Waals surface area contributed by atoms with Gasteiger partial charge in [0.15, 0.2) is 0 Å². The topological polar surface area (TPSA) is 38.3 Å². The van der Waals surface area contributed by atoms with E-state index in [9.17, 15) is 4.79 Å². The molecule has 1 aliphatic rings. The Kier molecular flexibility index (Phi) is 4.71. The highest BCUT2D eigenvalue weighted by molar-refractivity contribution is 5.67. The summed E-state index contributed by atoms with van der Waals surface area (Å²) in [5, 5.41) is 2.67. The molecule has 1 N–H and O–H groups in total. The first-order valence-electron chi connectivity index (χ1n) is 4.51. The summed E-state index contributed by atoms with van der Waals surface area (Å²) in [7, 11) is 0. The summed E-state index contributed by atoms with van der Waals surface area (Å²) in [4.78, 5) is 10.6. The quantitative estimate of drug-likeness (QED) is 0.609. The molecule has 12 heavy (non-hydrogen) atoms. The zero-order chi connectivity index (χ0) is 9.61. The van der Waals surface area contributed by atoms with E-state index in [4.69, 9.17) is 4.74 Å². The van der Waals surface area contributed by atoms with Crippen molar-refractivity contribution in [1.82, 2.24) is 5.32 Å². The van der Waals surface area contributed by atoms with Crippen LogP contribution in [-0.4, -0.2) is 19.2 Å². The second-order valence-electron chi connectivity index (χ2n) is 3.40. The van der Waals surface area contributed by atoms with Crippen LogP contribution in [0.2, 0.25) is 0 Å². The fourth-order valence-electron chi connectivity index (χ4n) is 0.871. The van der Waals surface area contributed by atoms with Gasteiger partial charge in [-0.05, 0) is 11.8 Å². The molecule has 0 saturated carbocycles. The number of hydrogen-bond acceptors (Lipinski definition) is 2. The molecule has 1 amide bonds. The van der Waals surface area contributed by atoms with Gasteiger partial charge in [-0.3, -0.25) is 0 Å². The van der Waals surface area contributed by atoms with Crippen molar-refractivity contribution in [3.8, 4) is 0 Å². The fraction of sp³-hybridized carbons (Fsp3) is 0.889. The molecular weight excluding hydrogens is 154 g/mol. The Balaban J connectivity index is 0.000000561. The van der Waals surface area contributed by atoms with Crippen LogP contribution < -0.4 is 5.32 Å². The number of carbonyl (C=O) groups excluding carboxylic acids is 1. The standard InChI is InChI=1S/C7H13NO2.C2H6/c1-7(2)3-4-10-6(9)8-5-7;1-2/h3-5H2,1-2H3,(H,8,9);1-2H3. The highest BCUT2D eigenvalue weighted by atomic mass is 16.5. The molecule has 0 bridgehead atoms. The average molecular weight is 173 g/mol. The molecule has 1 heterocycles. The Labute approximate surface area is 74.5 Å². The normalized spacial score (nSPS) is 20.8. The molecule has 0 atom stereocenters. The third-order valence-corrected chi connectivity index (χ3v) is 1.72. The maximum Gasteiger partial charge on any atom is 0.407 e. The van der Waals surface area contributed by atoms with Crippen molar-refractivity contribution in [2.75, 3.05) is 13.2 Å². The zero-order valence-electron chi connectivity index (χ0n) is 8.44. The van der Waals surface area contributed by atoms with E-state index in [2.05, 4.69) is 19.2 Å². The van der Waals surface area contributed by atoms with Crippen molar-refractivity contribution < 1.29 is 9.53 Å². The van der Waals surface area contributed by atoms with Crippen molar-refractivity contribution in [1.29, 1.82) is 0 Å². The van der Waals surface area contributed by atoms with Gasteiger partial charge in [-0.25, -0.2) is 4.79 Å². The summed E-state index contributed by atoms with van der Waals surface area (Å²) < 4.78 is 4.79. The van der Waals surface area contributed by atoms with Crippen LogP contribution in [0.4, 0.5) is 4.79 Å². The number of ether oxygens (including phenoxy) is 1. The van der Waals surface area contributed by atoms with Gasteiger partial charge in [-0.2, -0.15) is 0 Å². The molecule has 0 aliphatic carbocycles. The summed E-state index contributed by atoms with van der Waals surface area (Å²) in [6.45, 7) is 9.48. The van der Waals surface area contributed by atoms with Crippen molar-refractivity contribution in [3.05, 3.63) is 0 Å². The van der Waals surface area contributed by atoms with E-state index in [1.165, 1.54) is 0 Å². The molecule has 0 aromatic rings. The van der Waals surface area contributed by atoms with Crippen LogP contribution in [0, 0.1) is 5.41 Å². The first-order chi connectivity index (χ1) is 5.60. The number of carbonyl (C=O) groups is 1. The molecular formula is C9H19NO2. The Bertz CT molecular complexity index is 143. The number of nitrogens with one attached hydrogen (secondary N) is 1. The van der Waals surface area contributed by atoms with E-state index in [1.807, 2.05) is 13.8 Å². The van der Waals surface area contributed by atoms with Gasteiger partial charge in [-0.15, -0.1) is 0 Å². The molecule has 0 aromatic carbocycles. The number of rotatable bonds is 0. The summed E-state index contributed by atoms with van der Waals surface area (Å²) in [5.41, 5.74) is 0.187. The van der Waals surface area contributed by atoms with Crippen LogP contribution in [0.15, 0.2) is 0 Å². The molecule has 1 aliphatic heterocycles. The Morgan fingerprint density at radius 1 is 1.42 bits per heavy atom. The lowest BCUT2D eigenvalue weighted by molar-refractivity contribution is 0.149. The van der Waals surface area contributed by atoms with Crippen molar-refractivity contribution in [3.63, 3.8) is 0 Å². The van der Waals surface area contributed by atoms with Crippen LogP contribution in [0.5, 0.6) is 0 Å². The lowest BCUT2D eigenvalue weighted by Gasteiger charge is -2.19. The van der Waals surface area contributed by atoms with E-state index in [1.54, 1.807) is 0 Å². The van der Waals surface area contributed by atoms with E-state index in [0.29, 0.717) is 13.2 Å². The van der Waals surface area contributed by atoms with Crippen LogP contribution >= 0.6 is 0 Å². The largest absolute Gasteiger partial charge is 0.450 e. The van der Waals surface area contributed by atoms with Crippen LogP contribution in [0.3, 0.4) is 0 Å². The third kappa shape index (κ3) is 4.21. The molecule has 1 saturated heterocycles. The molecule has 0 unspecified atom stereocenters. The lowest BCUT2D eigenvalue weighted by atomic mass is 9.90. The molecule has 3 nitrogen and oxygen atoms in total. The van der Waals surface area contributed by atoms with Gasteiger partial charge in [-0.1, -0.05) is 27.7 Å². The predicted molar refractivity (Wildman–Crippen MR) is 49.1 cm³/mol. The van der Waals surface area contributed by atoms with E-state index in [-0.39, 0.29) is 11.5 Å². The first kappa shape index (κ1) is 11.3. The van der Waals surface area contributed by atoms with E-state index in [0.717, 1.165) is 6.42 Å². The van der Waals surface area contributed by atoms with Crippen molar-refractivity contribution >= 4 is 6.09 Å². The zero-order valence-corrected chi connectivity index (χ0v) is 8.44. The van der Waals surface area contributed by atoms with Crippen LogP contribution in [-0.2, 0) is 4.74 Å². The van der Waals surface area contributed by atoms with Crippen LogP contribution in [0.25, 0.3) is 0 Å². The van der Waals surface area contributed by atoms with E-state index < -0.39 is 0 Å². The van der Waals surface area contributed by atoms with Crippen molar-refractivity contribution in [2.24, 2.45) is 5.41 Å². The maximum atomic E-state index is 10.6. The summed E-state index contributed by atoms with van der Waals surface area (Å²) in [5.74, 6) is 0. The summed E-state index contributed by atoms with van der Waals surface area (Å²) >= 11 is 0. The molecule has 0 aromatic heterocycles. The van der Waals surface area contributed by atoms with Gasteiger partial charge in [0.05, 0.1) is 6.61 Å². The monoisotopic (exact) mass is 173 g/mol. The summed E-state index contributed by atoms with van der Waals surface area (Å²) in [6.07, 6.45) is 0.650. The smallest absolute Gasteiger partial charge is 0.407 e. The molecule has 1 rings (SSSR count). The number of cyclic esters (lactones) is 1. The minimum atomic E-state index is -0.287. The van der Waals surface area contributed by atoms with Gasteiger partial charge in [0.2, 0.25) is 0 Å².